The van der Waals surface area contributed by atoms with Crippen molar-refractivity contribution < 1.29 is 9.59 Å². The highest BCUT2D eigenvalue weighted by atomic mass is 16.2. The van der Waals surface area contributed by atoms with Gasteiger partial charge >= 0.3 is 0 Å². The molecule has 138 valence electrons. The van der Waals surface area contributed by atoms with E-state index in [1.165, 1.54) is 5.56 Å². The monoisotopic (exact) mass is 361 g/mol. The summed E-state index contributed by atoms with van der Waals surface area (Å²) in [6, 6.07) is 17.9. The zero-order valence-corrected chi connectivity index (χ0v) is 15.4. The molecule has 1 N–H and O–H groups in total. The lowest BCUT2D eigenvalue weighted by Gasteiger charge is -2.22. The number of benzene rings is 2. The van der Waals surface area contributed by atoms with Crippen LogP contribution in [0.4, 0.5) is 0 Å². The number of H-pyrrole nitrogens is 1. The van der Waals surface area contributed by atoms with E-state index in [2.05, 4.69) is 24.0 Å². The third-order valence-corrected chi connectivity index (χ3v) is 5.09. The van der Waals surface area contributed by atoms with Crippen molar-refractivity contribution in [3.63, 3.8) is 0 Å². The maximum atomic E-state index is 12.9. The number of hydrogen-bond donors (Lipinski definition) is 1. The Hall–Kier alpha value is -3.08. The van der Waals surface area contributed by atoms with Gasteiger partial charge in [-0.25, -0.2) is 0 Å². The molecule has 0 unspecified atom stereocenters. The molecule has 27 heavy (non-hydrogen) atoms. The van der Waals surface area contributed by atoms with Gasteiger partial charge in [-0.2, -0.15) is 0 Å². The average molecular weight is 361 g/mol. The van der Waals surface area contributed by atoms with Crippen molar-refractivity contribution in [1.82, 2.24) is 14.8 Å². The number of aromatic nitrogens is 1. The Balaban J connectivity index is 1.46. The Kier molecular flexibility index (Phi) is 4.67. The van der Waals surface area contributed by atoms with E-state index in [0.717, 1.165) is 16.5 Å². The summed E-state index contributed by atoms with van der Waals surface area (Å²) >= 11 is 0. The van der Waals surface area contributed by atoms with Crippen LogP contribution in [0.5, 0.6) is 0 Å². The van der Waals surface area contributed by atoms with Gasteiger partial charge in [0, 0.05) is 43.5 Å². The molecule has 4 rings (SSSR count). The SMILES string of the molecule is Cc1cccc(CN2CCN(C(=O)c3cc4ccccc4[nH]3)CCC2=O)c1. The molecule has 0 spiro atoms. The number of amides is 2. The van der Waals surface area contributed by atoms with Crippen LogP contribution in [0, 0.1) is 6.92 Å². The number of fused-ring (bicyclic) bond motifs is 1. The van der Waals surface area contributed by atoms with Gasteiger partial charge in [0.05, 0.1) is 0 Å². The van der Waals surface area contributed by atoms with Gasteiger partial charge in [0.15, 0.2) is 0 Å². The standard InChI is InChI=1S/C22H23N3O2/c1-16-5-4-6-17(13-16)15-25-12-11-24(10-9-21(25)26)22(27)20-14-18-7-2-3-8-19(18)23-20/h2-8,13-14,23H,9-12,15H2,1H3. The predicted molar refractivity (Wildman–Crippen MR) is 105 cm³/mol. The summed E-state index contributed by atoms with van der Waals surface area (Å²) in [7, 11) is 0. The van der Waals surface area contributed by atoms with Crippen LogP contribution in [0.1, 0.15) is 28.0 Å². The maximum Gasteiger partial charge on any atom is 0.270 e. The summed E-state index contributed by atoms with van der Waals surface area (Å²) < 4.78 is 0. The lowest BCUT2D eigenvalue weighted by atomic mass is 10.1. The molecular formula is C22H23N3O2. The number of nitrogens with zero attached hydrogens (tertiary/aromatic N) is 2. The van der Waals surface area contributed by atoms with E-state index in [9.17, 15) is 9.59 Å². The van der Waals surface area contributed by atoms with Gasteiger partial charge in [0.1, 0.15) is 5.69 Å². The predicted octanol–water partition coefficient (Wildman–Crippen LogP) is 3.35. The van der Waals surface area contributed by atoms with E-state index in [4.69, 9.17) is 0 Å². The van der Waals surface area contributed by atoms with E-state index in [1.54, 1.807) is 4.90 Å². The topological polar surface area (TPSA) is 56.4 Å². The maximum absolute atomic E-state index is 12.9. The van der Waals surface area contributed by atoms with Crippen molar-refractivity contribution in [2.75, 3.05) is 19.6 Å². The number of aryl methyl sites for hydroxylation is 1. The van der Waals surface area contributed by atoms with E-state index in [1.807, 2.05) is 47.4 Å². The molecule has 0 aliphatic carbocycles. The summed E-state index contributed by atoms with van der Waals surface area (Å²) in [5.74, 6) is 0.0554. The number of hydrogen-bond acceptors (Lipinski definition) is 2. The van der Waals surface area contributed by atoms with E-state index in [-0.39, 0.29) is 11.8 Å². The third kappa shape index (κ3) is 3.72. The van der Waals surface area contributed by atoms with Crippen molar-refractivity contribution in [3.05, 3.63) is 71.4 Å². The van der Waals surface area contributed by atoms with Gasteiger partial charge in [0.2, 0.25) is 5.91 Å². The van der Waals surface area contributed by atoms with Crippen LogP contribution in [0.15, 0.2) is 54.6 Å². The van der Waals surface area contributed by atoms with Gasteiger partial charge in [-0.1, -0.05) is 48.0 Å². The highest BCUT2D eigenvalue weighted by Gasteiger charge is 2.25. The second-order valence-electron chi connectivity index (χ2n) is 7.12. The molecule has 1 saturated heterocycles. The zero-order chi connectivity index (χ0) is 18.8. The lowest BCUT2D eigenvalue weighted by Crippen LogP contribution is -2.35. The van der Waals surface area contributed by atoms with Crippen LogP contribution in [-0.2, 0) is 11.3 Å². The molecule has 0 radical (unpaired) electrons. The van der Waals surface area contributed by atoms with Crippen molar-refractivity contribution in [3.8, 4) is 0 Å². The average Bonchev–Trinajstić information content (AvgIpc) is 3.02. The molecule has 0 atom stereocenters. The van der Waals surface area contributed by atoms with Gasteiger partial charge in [-0.3, -0.25) is 9.59 Å². The Bertz CT molecular complexity index is 959. The van der Waals surface area contributed by atoms with Crippen LogP contribution in [-0.4, -0.2) is 46.2 Å². The molecule has 0 saturated carbocycles. The fraction of sp³-hybridized carbons (Fsp3) is 0.273. The number of carbonyl (C=O) groups is 2. The first-order chi connectivity index (χ1) is 13.1. The second-order valence-corrected chi connectivity index (χ2v) is 7.12. The van der Waals surface area contributed by atoms with Gasteiger partial charge in [0.25, 0.3) is 5.91 Å². The summed E-state index contributed by atoms with van der Waals surface area (Å²) in [5.41, 5.74) is 3.84. The molecule has 1 aliphatic rings. The molecule has 5 heteroatoms. The molecule has 2 heterocycles. The van der Waals surface area contributed by atoms with Crippen molar-refractivity contribution in [1.29, 1.82) is 0 Å². The van der Waals surface area contributed by atoms with Crippen molar-refractivity contribution in [2.45, 2.75) is 19.9 Å². The fourth-order valence-corrected chi connectivity index (χ4v) is 3.63. The number of rotatable bonds is 3. The summed E-state index contributed by atoms with van der Waals surface area (Å²) in [4.78, 5) is 32.3. The first-order valence-corrected chi connectivity index (χ1v) is 9.30. The van der Waals surface area contributed by atoms with E-state index in [0.29, 0.717) is 38.3 Å². The molecule has 0 bridgehead atoms. The minimum absolute atomic E-state index is 0.0450. The van der Waals surface area contributed by atoms with Crippen molar-refractivity contribution in [2.24, 2.45) is 0 Å². The van der Waals surface area contributed by atoms with Gasteiger partial charge in [-0.05, 0) is 24.6 Å². The van der Waals surface area contributed by atoms with Gasteiger partial charge < -0.3 is 14.8 Å². The number of carbonyl (C=O) groups excluding carboxylic acids is 2. The number of para-hydroxylation sites is 1. The Morgan fingerprint density at radius 2 is 1.89 bits per heavy atom. The Morgan fingerprint density at radius 1 is 1.04 bits per heavy atom. The third-order valence-electron chi connectivity index (χ3n) is 5.09. The summed E-state index contributed by atoms with van der Waals surface area (Å²) in [6.45, 7) is 4.20. The normalized spacial score (nSPS) is 15.2. The Morgan fingerprint density at radius 3 is 2.70 bits per heavy atom. The minimum Gasteiger partial charge on any atom is -0.351 e. The minimum atomic E-state index is -0.0450. The van der Waals surface area contributed by atoms with Crippen molar-refractivity contribution >= 4 is 22.7 Å². The fourth-order valence-electron chi connectivity index (χ4n) is 3.63. The second kappa shape index (κ2) is 7.27. The molecular weight excluding hydrogens is 338 g/mol. The molecule has 2 aromatic carbocycles. The molecule has 1 fully saturated rings. The number of aromatic amines is 1. The van der Waals surface area contributed by atoms with Crippen LogP contribution >= 0.6 is 0 Å². The lowest BCUT2D eigenvalue weighted by molar-refractivity contribution is -0.130. The van der Waals surface area contributed by atoms with E-state index >= 15 is 0 Å². The summed E-state index contributed by atoms with van der Waals surface area (Å²) in [5, 5.41) is 1.02. The van der Waals surface area contributed by atoms with Gasteiger partial charge in [-0.15, -0.1) is 0 Å². The zero-order valence-electron chi connectivity index (χ0n) is 15.4. The van der Waals surface area contributed by atoms with Crippen LogP contribution < -0.4 is 0 Å². The molecule has 3 aromatic rings. The van der Waals surface area contributed by atoms with Crippen LogP contribution in [0.2, 0.25) is 0 Å². The van der Waals surface area contributed by atoms with E-state index < -0.39 is 0 Å². The van der Waals surface area contributed by atoms with Crippen LogP contribution in [0.25, 0.3) is 10.9 Å². The van der Waals surface area contributed by atoms with Crippen LogP contribution in [0.3, 0.4) is 0 Å². The first kappa shape index (κ1) is 17.3. The molecule has 1 aromatic heterocycles. The molecule has 1 aliphatic heterocycles. The smallest absolute Gasteiger partial charge is 0.270 e. The largest absolute Gasteiger partial charge is 0.351 e. The quantitative estimate of drug-likeness (QED) is 0.778. The molecule has 2 amide bonds. The number of nitrogens with one attached hydrogen (secondary N) is 1. The highest BCUT2D eigenvalue weighted by molar-refractivity contribution is 5.98. The Labute approximate surface area is 158 Å². The molecule has 5 nitrogen and oxygen atoms in total. The highest BCUT2D eigenvalue weighted by Crippen LogP contribution is 2.18. The summed E-state index contributed by atoms with van der Waals surface area (Å²) in [6.07, 6.45) is 0.359. The first-order valence-electron chi connectivity index (χ1n) is 9.30.